The summed E-state index contributed by atoms with van der Waals surface area (Å²) < 4.78 is 183. The van der Waals surface area contributed by atoms with E-state index < -0.39 is 74.7 Å². The number of aryl methyl sites for hydroxylation is 3. The van der Waals surface area contributed by atoms with Crippen molar-refractivity contribution in [2.45, 2.75) is 344 Å². The van der Waals surface area contributed by atoms with Crippen LogP contribution in [0.2, 0.25) is 63.2 Å². The van der Waals surface area contributed by atoms with E-state index in [0.717, 1.165) is 121 Å². The molecule has 0 aliphatic carbocycles. The number of hydrogen-bond donors (Lipinski definition) is 0. The third-order valence-electron chi connectivity index (χ3n) is 32.9. The fourth-order valence-corrected chi connectivity index (χ4v) is 41.7. The molecule has 10 aromatic carbocycles. The van der Waals surface area contributed by atoms with Gasteiger partial charge in [-0.3, -0.25) is 0 Å². The molecule has 15 nitrogen and oxygen atoms in total. The summed E-state index contributed by atoms with van der Waals surface area (Å²) in [4.78, 5) is 0. The molecule has 0 spiro atoms. The van der Waals surface area contributed by atoms with E-state index in [1.165, 1.54) is 104 Å². The number of rotatable bonds is 12. The number of pyridine rings is 5. The Balaban J connectivity index is 0.000000116. The molecule has 3 atom stereocenters. The first-order valence-electron chi connectivity index (χ1n) is 61.3. The third-order valence-corrected chi connectivity index (χ3v) is 47.3. The molecule has 15 heterocycles. The maximum absolute atomic E-state index is 8.51. The van der Waals surface area contributed by atoms with Crippen LogP contribution in [0.1, 0.15) is 320 Å². The van der Waals surface area contributed by atoms with Crippen molar-refractivity contribution in [1.29, 1.82) is 0 Å². The Labute approximate surface area is 896 Å². The van der Waals surface area contributed by atoms with E-state index in [-0.39, 0.29) is 35.6 Å². The van der Waals surface area contributed by atoms with Gasteiger partial charge in [-0.15, -0.1) is 23.4 Å². The highest BCUT2D eigenvalue weighted by molar-refractivity contribution is 6.92. The molecule has 762 valence electrons. The summed E-state index contributed by atoms with van der Waals surface area (Å²) in [5.74, 6) is 5.36. The van der Waals surface area contributed by atoms with Crippen molar-refractivity contribution in [3.63, 3.8) is 0 Å². The molecule has 0 radical (unpaired) electrons. The number of para-hydroxylation sites is 5. The molecule has 25 rings (SSSR count). The smallest absolute Gasteiger partial charge is 0.296 e. The summed E-state index contributed by atoms with van der Waals surface area (Å²) in [6.07, 6.45) is 0. The maximum atomic E-state index is 8.51. The first-order valence-corrected chi connectivity index (χ1v) is 65.9. The maximum Gasteiger partial charge on any atom is 0.296 e. The molecule has 3 unspecified atom stereocenters. The fraction of sp³-hybridized carbons (Fsp3) is 0.409. The SMILES string of the molecule is Cc1c2c3c4c(cccc4c4cccc(C(C)C)c4[n+]3n1C(C)C)O[Si]2(C(C)C)C(C)C.[2H]C([2H])([2H])[Si]1(C)Oc2ccc(C)c3c4cccc(C(C)C)c4[n+]4c(c1c(C)n4C(C)C)c23.[2H]C([2H])([2H])[Si]1(C)Oc2cccc3c4cccc(C(C)C)c4[n+]4c(c1c(C)n4C(C)C)c23.[2H]C([2H])([2H])c1ccc2c3c1c1cccc(C(C)C)c1[n+]1c3c(c(C)n1C(C)C)[Si](C)(C([2H])([2H])[2H])O2.[2H]C([2H])([2H])c1ccc2c3c1c1cccc(C(C)C)c1[n+]1c3c(c(C)n1C(C)C)[Si](C)(C)O2. The minimum atomic E-state index is -3.51. The van der Waals surface area contributed by atoms with Crippen LogP contribution in [-0.2, 0) is 0 Å². The highest BCUT2D eigenvalue weighted by Gasteiger charge is 2.57. The lowest BCUT2D eigenvalue weighted by Gasteiger charge is -2.40. The Morgan fingerprint density at radius 3 is 0.728 bits per heavy atom. The van der Waals surface area contributed by atoms with Crippen molar-refractivity contribution in [1.82, 2.24) is 23.4 Å². The Kier molecular flexibility index (Phi) is 20.2. The fourth-order valence-electron chi connectivity index (χ4n) is 27.6. The average molecular weight is 2060 g/mol. The van der Waals surface area contributed by atoms with Crippen LogP contribution < -0.4 is 70.6 Å². The van der Waals surface area contributed by atoms with Crippen LogP contribution in [0.15, 0.2) is 164 Å². The summed E-state index contributed by atoms with van der Waals surface area (Å²) in [6.45, 7) is 65.1. The predicted molar refractivity (Wildman–Crippen MR) is 630 cm³/mol. The molecule has 5 aliphatic heterocycles. The normalized spacial score (nSPS) is 19.3. The zero-order chi connectivity index (χ0) is 118. The number of nitrogens with zero attached hydrogens (tertiary/aromatic N) is 10. The van der Waals surface area contributed by atoms with Gasteiger partial charge in [0.25, 0.3) is 69.2 Å². The van der Waals surface area contributed by atoms with E-state index in [9.17, 15) is 0 Å². The largest absolute Gasteiger partial charge is 0.539 e. The van der Waals surface area contributed by atoms with Crippen LogP contribution in [0.4, 0.5) is 0 Å². The summed E-state index contributed by atoms with van der Waals surface area (Å²) >= 11 is 0. The molecular formula is C127H159N10O5Si5+5. The highest BCUT2D eigenvalue weighted by Crippen LogP contribution is 2.51. The summed E-state index contributed by atoms with van der Waals surface area (Å²) in [7, 11) is -14.7. The van der Waals surface area contributed by atoms with Crippen molar-refractivity contribution in [3.8, 4) is 28.7 Å². The first-order chi connectivity index (χ1) is 75.5. The Morgan fingerprint density at radius 1 is 0.224 bits per heavy atom. The lowest BCUT2D eigenvalue weighted by Crippen LogP contribution is -2.61. The van der Waals surface area contributed by atoms with Gasteiger partial charge in [-0.25, -0.2) is 0 Å². The molecule has 147 heavy (non-hydrogen) atoms. The Hall–Kier alpha value is -11.7. The van der Waals surface area contributed by atoms with Gasteiger partial charge in [-0.1, -0.05) is 223 Å². The molecule has 0 N–H and O–H groups in total. The van der Waals surface area contributed by atoms with E-state index in [1.807, 2.05) is 56.4 Å². The minimum absolute atomic E-state index is 0.0410. The van der Waals surface area contributed by atoms with E-state index in [0.29, 0.717) is 74.4 Å². The summed E-state index contributed by atoms with van der Waals surface area (Å²) in [5, 5.41) is 20.9. The number of fused-ring (bicyclic) bond motifs is 15. The number of benzene rings is 10. The van der Waals surface area contributed by atoms with Gasteiger partial charge in [-0.2, -0.15) is 0 Å². The number of aromatic nitrogens is 10. The van der Waals surface area contributed by atoms with Crippen molar-refractivity contribution < 1.29 is 65.3 Å². The third kappa shape index (κ3) is 14.4. The standard InChI is InChI=1S/C28H37N2OSi.3C25H31N2OSi.C24H29N2OSi/c1-16(2)21-12-10-14-23-22-13-11-15-24-25(22)27-28(32(31-24,18(5)6)19(7)8)20(9)29(17(3)4)30(27)26(21)23;3*1-14(2)18-10-9-11-19-21-16(5)12-13-20-22(21)24-25(29(7,8)28-20)17(6)26(15(3)4)27(24)23(18)19;1-14(2)17-10-8-12-19-18-11-9-13-20-21(18)23-24(28(6,7)27-20)16(5)25(15(3)4)26(23)22(17)19/h10-19H,1-9H3;3*9-15H,1-8H3;8-15H,1-7H3/q5*+1/i;5D3,7D3;7D3;5D3;6D3. The first kappa shape index (κ1) is 84.2. The molecule has 20 heteroatoms. The van der Waals surface area contributed by atoms with Gasteiger partial charge in [0.2, 0.25) is 27.6 Å². The molecule has 20 aromatic rings. The van der Waals surface area contributed by atoms with E-state index >= 15 is 0 Å². The van der Waals surface area contributed by atoms with Gasteiger partial charge in [0.15, 0.2) is 0 Å². The summed E-state index contributed by atoms with van der Waals surface area (Å²) in [5.41, 5.74) is 25.7. The Morgan fingerprint density at radius 2 is 0.449 bits per heavy atom. The zero-order valence-electron chi connectivity index (χ0n) is 108. The van der Waals surface area contributed by atoms with Crippen molar-refractivity contribution >= 4 is 203 Å². The van der Waals surface area contributed by atoms with Crippen LogP contribution in [0.5, 0.6) is 28.7 Å². The van der Waals surface area contributed by atoms with Gasteiger partial charge in [0.1, 0.15) is 28.7 Å². The molecular weight excluding hydrogens is 1890 g/mol. The van der Waals surface area contributed by atoms with Gasteiger partial charge < -0.3 is 22.1 Å². The quantitative estimate of drug-likeness (QED) is 0.0690. The Bertz CT molecular complexity index is 9700. The van der Waals surface area contributed by atoms with Crippen molar-refractivity contribution in [2.75, 3.05) is 0 Å². The summed E-state index contributed by atoms with van der Waals surface area (Å²) in [6, 6.07) is 56.9. The van der Waals surface area contributed by atoms with E-state index in [2.05, 4.69) is 369 Å². The van der Waals surface area contributed by atoms with Crippen molar-refractivity contribution in [2.24, 2.45) is 0 Å². The lowest BCUT2D eigenvalue weighted by molar-refractivity contribution is -0.586. The van der Waals surface area contributed by atoms with Crippen LogP contribution in [-0.4, -0.2) is 65.0 Å². The molecule has 0 saturated heterocycles. The van der Waals surface area contributed by atoms with Gasteiger partial charge in [0.05, 0.1) is 138 Å². The van der Waals surface area contributed by atoms with Crippen molar-refractivity contribution in [3.05, 3.63) is 237 Å². The van der Waals surface area contributed by atoms with Crippen LogP contribution >= 0.6 is 0 Å². The minimum Gasteiger partial charge on any atom is -0.539 e. The monoisotopic (exact) mass is 2060 g/mol. The van der Waals surface area contributed by atoms with Crippen LogP contribution in [0.3, 0.4) is 0 Å². The number of hydrogen-bond acceptors (Lipinski definition) is 5. The lowest BCUT2D eigenvalue weighted by atomic mass is 9.94. The average Bonchev–Trinajstić information content (AvgIpc) is 1.51. The molecule has 0 fully saturated rings. The van der Waals surface area contributed by atoms with E-state index in [1.54, 1.807) is 24.7 Å². The molecule has 10 aromatic heterocycles. The predicted octanol–water partition coefficient (Wildman–Crippen LogP) is 29.2. The second kappa shape index (κ2) is 35.2. The topological polar surface area (TPSA) is 91.3 Å². The van der Waals surface area contributed by atoms with Gasteiger partial charge in [-0.05, 0) is 295 Å². The van der Waals surface area contributed by atoms with Crippen LogP contribution in [0, 0.1) is 55.2 Å². The van der Waals surface area contributed by atoms with Gasteiger partial charge >= 0.3 is 0 Å². The van der Waals surface area contributed by atoms with Crippen LogP contribution in [0.25, 0.3) is 136 Å². The van der Waals surface area contributed by atoms with Gasteiger partial charge in [0, 0.05) is 75.3 Å². The zero-order valence-corrected chi connectivity index (χ0v) is 98.0. The van der Waals surface area contributed by atoms with E-state index in [4.69, 9.17) is 42.7 Å². The second-order valence-electron chi connectivity index (χ2n) is 47.2. The highest BCUT2D eigenvalue weighted by atomic mass is 28.4. The molecule has 5 aliphatic rings. The second-order valence-corrected chi connectivity index (χ2v) is 63.9. The molecule has 0 saturated carbocycles. The molecule has 0 amide bonds. The molecule has 0 bridgehead atoms.